The predicted octanol–water partition coefficient (Wildman–Crippen LogP) is 3.44. The fraction of sp³-hybridized carbons (Fsp3) is 0.0556. The van der Waals surface area contributed by atoms with Gasteiger partial charge in [0.25, 0.3) is 5.56 Å². The molecule has 2 aromatic heterocycles. The van der Waals surface area contributed by atoms with E-state index in [0.717, 1.165) is 21.2 Å². The van der Waals surface area contributed by atoms with Gasteiger partial charge in [-0.15, -0.1) is 10.2 Å². The van der Waals surface area contributed by atoms with Crippen molar-refractivity contribution < 1.29 is 0 Å². The molecule has 0 fully saturated rings. The van der Waals surface area contributed by atoms with Gasteiger partial charge in [-0.25, -0.2) is 4.40 Å². The van der Waals surface area contributed by atoms with Gasteiger partial charge < -0.3 is 0 Å². The fourth-order valence-corrected chi connectivity index (χ4v) is 3.75. The molecule has 2 heterocycles. The molecule has 118 valence electrons. The summed E-state index contributed by atoms with van der Waals surface area (Å²) in [4.78, 5) is 13.4. The number of rotatable bonds is 2. The first kappa shape index (κ1) is 15.2. The van der Waals surface area contributed by atoms with Crippen LogP contribution in [-0.4, -0.2) is 14.6 Å². The molecule has 0 atom stereocenters. The standard InChI is InChI=1S/C18H12BrN3OS/c1-11-4-2-3-5-14(11)16-20-21-18-22(16)17(23)15(24-18)10-12-6-8-13(19)9-7-12/h2-10H,1H3. The molecule has 24 heavy (non-hydrogen) atoms. The topological polar surface area (TPSA) is 47.3 Å². The molecule has 4 aromatic rings. The minimum Gasteiger partial charge on any atom is -0.267 e. The van der Waals surface area contributed by atoms with Gasteiger partial charge in [-0.05, 0) is 36.3 Å². The Labute approximate surface area is 150 Å². The summed E-state index contributed by atoms with van der Waals surface area (Å²) >= 11 is 4.77. The van der Waals surface area contributed by atoms with Crippen LogP contribution in [0.1, 0.15) is 11.1 Å². The van der Waals surface area contributed by atoms with E-state index < -0.39 is 0 Å². The van der Waals surface area contributed by atoms with Crippen LogP contribution in [0, 0.1) is 6.92 Å². The Morgan fingerprint density at radius 1 is 1.08 bits per heavy atom. The van der Waals surface area contributed by atoms with Crippen molar-refractivity contribution in [2.75, 3.05) is 0 Å². The van der Waals surface area contributed by atoms with E-state index in [1.807, 2.05) is 61.5 Å². The Balaban J connectivity index is 1.93. The molecule has 4 rings (SSSR count). The van der Waals surface area contributed by atoms with Gasteiger partial charge in [0.15, 0.2) is 5.82 Å². The molecule has 0 radical (unpaired) electrons. The summed E-state index contributed by atoms with van der Waals surface area (Å²) in [5.41, 5.74) is 2.89. The van der Waals surface area contributed by atoms with Crippen LogP contribution in [0.5, 0.6) is 0 Å². The van der Waals surface area contributed by atoms with Crippen molar-refractivity contribution in [2.45, 2.75) is 6.92 Å². The maximum absolute atomic E-state index is 12.8. The van der Waals surface area contributed by atoms with Crippen molar-refractivity contribution in [3.8, 4) is 11.4 Å². The number of hydrogen-bond acceptors (Lipinski definition) is 4. The number of hydrogen-bond donors (Lipinski definition) is 0. The van der Waals surface area contributed by atoms with Gasteiger partial charge in [-0.3, -0.25) is 4.79 Å². The summed E-state index contributed by atoms with van der Waals surface area (Å²) < 4.78 is 3.25. The van der Waals surface area contributed by atoms with Crippen LogP contribution < -0.4 is 10.1 Å². The fourth-order valence-electron chi connectivity index (χ4n) is 2.57. The maximum atomic E-state index is 12.8. The third-order valence-electron chi connectivity index (χ3n) is 3.80. The highest BCUT2D eigenvalue weighted by Gasteiger charge is 2.15. The van der Waals surface area contributed by atoms with E-state index in [2.05, 4.69) is 26.1 Å². The lowest BCUT2D eigenvalue weighted by Gasteiger charge is -2.00. The summed E-state index contributed by atoms with van der Waals surface area (Å²) in [6, 6.07) is 15.7. The average molecular weight is 398 g/mol. The third-order valence-corrected chi connectivity index (χ3v) is 5.29. The predicted molar refractivity (Wildman–Crippen MR) is 100 cm³/mol. The normalized spacial score (nSPS) is 12.2. The summed E-state index contributed by atoms with van der Waals surface area (Å²) in [6.07, 6.45) is 1.88. The van der Waals surface area contributed by atoms with E-state index in [-0.39, 0.29) is 5.56 Å². The number of thiazole rings is 1. The molecule has 0 aliphatic heterocycles. The molecule has 0 amide bonds. The molecule has 4 nitrogen and oxygen atoms in total. The van der Waals surface area contributed by atoms with Crippen LogP contribution in [0.3, 0.4) is 0 Å². The number of fused-ring (bicyclic) bond motifs is 1. The van der Waals surface area contributed by atoms with Gasteiger partial charge in [0, 0.05) is 10.0 Å². The van der Waals surface area contributed by atoms with Gasteiger partial charge in [0.1, 0.15) is 0 Å². The summed E-state index contributed by atoms with van der Waals surface area (Å²) in [6.45, 7) is 2.00. The minimum atomic E-state index is -0.0822. The van der Waals surface area contributed by atoms with Crippen LogP contribution in [0.2, 0.25) is 0 Å². The summed E-state index contributed by atoms with van der Waals surface area (Å²) in [5.74, 6) is 0.597. The first-order chi connectivity index (χ1) is 11.6. The van der Waals surface area contributed by atoms with Crippen molar-refractivity contribution in [2.24, 2.45) is 0 Å². The summed E-state index contributed by atoms with van der Waals surface area (Å²) in [7, 11) is 0. The van der Waals surface area contributed by atoms with Crippen molar-refractivity contribution >= 4 is 38.3 Å². The molecule has 2 aromatic carbocycles. The zero-order valence-electron chi connectivity index (χ0n) is 12.7. The minimum absolute atomic E-state index is 0.0822. The number of nitrogens with zero attached hydrogens (tertiary/aromatic N) is 3. The van der Waals surface area contributed by atoms with E-state index in [9.17, 15) is 4.79 Å². The van der Waals surface area contributed by atoms with Gasteiger partial charge in [-0.1, -0.05) is 63.7 Å². The molecule has 0 aliphatic carbocycles. The smallest absolute Gasteiger partial charge is 0.267 e. The largest absolute Gasteiger partial charge is 0.276 e. The van der Waals surface area contributed by atoms with E-state index in [1.165, 1.54) is 11.3 Å². The maximum Gasteiger partial charge on any atom is 0.276 e. The second-order valence-electron chi connectivity index (χ2n) is 5.42. The first-order valence-corrected chi connectivity index (χ1v) is 8.95. The second kappa shape index (κ2) is 5.96. The third kappa shape index (κ3) is 2.57. The molecule has 0 N–H and O–H groups in total. The molecule has 0 bridgehead atoms. The number of aryl methyl sites for hydroxylation is 1. The van der Waals surface area contributed by atoms with Gasteiger partial charge in [-0.2, -0.15) is 0 Å². The van der Waals surface area contributed by atoms with Gasteiger partial charge in [0.2, 0.25) is 4.96 Å². The van der Waals surface area contributed by atoms with Gasteiger partial charge >= 0.3 is 0 Å². The van der Waals surface area contributed by atoms with E-state index in [4.69, 9.17) is 0 Å². The Kier molecular flexibility index (Phi) is 3.78. The van der Waals surface area contributed by atoms with Gasteiger partial charge in [0.05, 0.1) is 4.53 Å². The number of aromatic nitrogens is 3. The zero-order chi connectivity index (χ0) is 16.7. The van der Waals surface area contributed by atoms with Crippen LogP contribution >= 0.6 is 27.3 Å². The van der Waals surface area contributed by atoms with Crippen LogP contribution in [-0.2, 0) is 0 Å². The summed E-state index contributed by atoms with van der Waals surface area (Å²) in [5, 5.41) is 8.39. The van der Waals surface area contributed by atoms with Crippen molar-refractivity contribution in [1.82, 2.24) is 14.6 Å². The molecular formula is C18H12BrN3OS. The Morgan fingerprint density at radius 2 is 1.83 bits per heavy atom. The van der Waals surface area contributed by atoms with Crippen molar-refractivity contribution in [3.05, 3.63) is 79.0 Å². The average Bonchev–Trinajstić information content (AvgIpc) is 3.11. The van der Waals surface area contributed by atoms with E-state index in [1.54, 1.807) is 4.40 Å². The number of halogens is 1. The molecular weight excluding hydrogens is 386 g/mol. The monoisotopic (exact) mass is 397 g/mol. The lowest BCUT2D eigenvalue weighted by molar-refractivity contribution is 1.09. The zero-order valence-corrected chi connectivity index (χ0v) is 15.1. The quantitative estimate of drug-likeness (QED) is 0.520. The lowest BCUT2D eigenvalue weighted by Crippen LogP contribution is -2.23. The Hall–Kier alpha value is -2.31. The highest BCUT2D eigenvalue weighted by atomic mass is 79.9. The Morgan fingerprint density at radius 3 is 2.58 bits per heavy atom. The van der Waals surface area contributed by atoms with E-state index >= 15 is 0 Å². The molecule has 0 saturated carbocycles. The first-order valence-electron chi connectivity index (χ1n) is 7.35. The van der Waals surface area contributed by atoms with Crippen LogP contribution in [0.15, 0.2) is 57.8 Å². The molecule has 0 spiro atoms. The highest BCUT2D eigenvalue weighted by molar-refractivity contribution is 9.10. The second-order valence-corrected chi connectivity index (χ2v) is 7.35. The SMILES string of the molecule is Cc1ccccc1-c1nnc2sc(=Cc3ccc(Br)cc3)c(=O)n12. The lowest BCUT2D eigenvalue weighted by atomic mass is 10.1. The molecule has 0 saturated heterocycles. The number of benzene rings is 2. The molecule has 0 aliphatic rings. The Bertz CT molecular complexity index is 1150. The van der Waals surface area contributed by atoms with Crippen LogP contribution in [0.25, 0.3) is 22.4 Å². The van der Waals surface area contributed by atoms with Crippen molar-refractivity contribution in [1.29, 1.82) is 0 Å². The van der Waals surface area contributed by atoms with E-state index in [0.29, 0.717) is 15.3 Å². The highest BCUT2D eigenvalue weighted by Crippen LogP contribution is 2.21. The van der Waals surface area contributed by atoms with Crippen LogP contribution in [0.4, 0.5) is 0 Å². The molecule has 6 heteroatoms. The molecule has 0 unspecified atom stereocenters. The van der Waals surface area contributed by atoms with Crippen molar-refractivity contribution in [3.63, 3.8) is 0 Å².